The van der Waals surface area contributed by atoms with Gasteiger partial charge in [-0.1, -0.05) is 18.7 Å². The predicted octanol–water partition coefficient (Wildman–Crippen LogP) is 2.99. The Morgan fingerprint density at radius 3 is 3.00 bits per heavy atom. The summed E-state index contributed by atoms with van der Waals surface area (Å²) in [7, 11) is 0. The van der Waals surface area contributed by atoms with Crippen LogP contribution in [0.3, 0.4) is 0 Å². The lowest BCUT2D eigenvalue weighted by Crippen LogP contribution is -2.21. The molecule has 0 radical (unpaired) electrons. The van der Waals surface area contributed by atoms with E-state index in [2.05, 4.69) is 11.9 Å². The lowest BCUT2D eigenvalue weighted by Gasteiger charge is -2.08. The molecule has 1 aliphatic rings. The molecule has 0 bridgehead atoms. The van der Waals surface area contributed by atoms with Gasteiger partial charge in [0.05, 0.1) is 5.39 Å². The normalized spacial score (nSPS) is 14.2. The van der Waals surface area contributed by atoms with Gasteiger partial charge in [0.2, 0.25) is 5.76 Å². The number of hydrogen-bond donors (Lipinski definition) is 1. The summed E-state index contributed by atoms with van der Waals surface area (Å²) in [6.07, 6.45) is 2.50. The minimum Gasteiger partial charge on any atom is -0.484 e. The van der Waals surface area contributed by atoms with Crippen LogP contribution >= 0.6 is 0 Å². The third-order valence-electron chi connectivity index (χ3n) is 3.29. The SMILES string of the molecule is C=C(CNC1CC1)COc1c(C#N)oc2ccccc12. The van der Waals surface area contributed by atoms with E-state index in [9.17, 15) is 0 Å². The van der Waals surface area contributed by atoms with E-state index < -0.39 is 0 Å². The summed E-state index contributed by atoms with van der Waals surface area (Å²) in [6, 6.07) is 10.2. The molecule has 1 heterocycles. The Hall–Kier alpha value is -2.25. The van der Waals surface area contributed by atoms with Crippen molar-refractivity contribution < 1.29 is 9.15 Å². The van der Waals surface area contributed by atoms with Crippen LogP contribution in [0.5, 0.6) is 5.75 Å². The van der Waals surface area contributed by atoms with Crippen molar-refractivity contribution in [1.82, 2.24) is 5.32 Å². The molecule has 0 unspecified atom stereocenters. The molecule has 2 aromatic rings. The molecule has 0 aliphatic heterocycles. The second-order valence-electron chi connectivity index (χ2n) is 5.06. The Kier molecular flexibility index (Phi) is 3.44. The van der Waals surface area contributed by atoms with Crippen molar-refractivity contribution >= 4 is 11.0 Å². The summed E-state index contributed by atoms with van der Waals surface area (Å²) in [5, 5.41) is 13.3. The number of ether oxygens (including phenoxy) is 1. The predicted molar refractivity (Wildman–Crippen MR) is 76.6 cm³/mol. The zero-order valence-corrected chi connectivity index (χ0v) is 11.2. The number of benzene rings is 1. The maximum absolute atomic E-state index is 9.11. The molecular formula is C16H16N2O2. The van der Waals surface area contributed by atoms with Gasteiger partial charge in [-0.05, 0) is 30.5 Å². The molecular weight excluding hydrogens is 252 g/mol. The highest BCUT2D eigenvalue weighted by Crippen LogP contribution is 2.32. The summed E-state index contributed by atoms with van der Waals surface area (Å²) >= 11 is 0. The van der Waals surface area contributed by atoms with Crippen molar-refractivity contribution in [3.63, 3.8) is 0 Å². The topological polar surface area (TPSA) is 58.2 Å². The summed E-state index contributed by atoms with van der Waals surface area (Å²) in [5.41, 5.74) is 1.63. The molecule has 3 rings (SSSR count). The molecule has 1 N–H and O–H groups in total. The van der Waals surface area contributed by atoms with E-state index in [0.717, 1.165) is 17.5 Å². The van der Waals surface area contributed by atoms with Gasteiger partial charge < -0.3 is 14.5 Å². The average Bonchev–Trinajstić information content (AvgIpc) is 3.23. The van der Waals surface area contributed by atoms with Gasteiger partial charge in [-0.15, -0.1) is 0 Å². The average molecular weight is 268 g/mol. The van der Waals surface area contributed by atoms with Gasteiger partial charge in [0.25, 0.3) is 0 Å². The van der Waals surface area contributed by atoms with Gasteiger partial charge in [0.15, 0.2) is 5.75 Å². The van der Waals surface area contributed by atoms with Gasteiger partial charge in [0.1, 0.15) is 18.3 Å². The highest BCUT2D eigenvalue weighted by Gasteiger charge is 2.20. The number of fused-ring (bicyclic) bond motifs is 1. The summed E-state index contributed by atoms with van der Waals surface area (Å²) < 4.78 is 11.2. The molecule has 1 saturated carbocycles. The van der Waals surface area contributed by atoms with Gasteiger partial charge in [-0.25, -0.2) is 0 Å². The lowest BCUT2D eigenvalue weighted by molar-refractivity contribution is 0.344. The van der Waals surface area contributed by atoms with Crippen LogP contribution in [0.15, 0.2) is 40.8 Å². The van der Waals surface area contributed by atoms with Crippen molar-refractivity contribution in [2.75, 3.05) is 13.2 Å². The van der Waals surface area contributed by atoms with E-state index in [1.54, 1.807) is 0 Å². The van der Waals surface area contributed by atoms with E-state index in [4.69, 9.17) is 14.4 Å². The van der Waals surface area contributed by atoms with Crippen LogP contribution in [0, 0.1) is 11.3 Å². The first-order valence-corrected chi connectivity index (χ1v) is 6.72. The Morgan fingerprint density at radius 2 is 2.25 bits per heavy atom. The minimum atomic E-state index is 0.217. The van der Waals surface area contributed by atoms with Crippen LogP contribution in [-0.2, 0) is 0 Å². The highest BCUT2D eigenvalue weighted by atomic mass is 16.5. The monoisotopic (exact) mass is 268 g/mol. The second-order valence-corrected chi connectivity index (χ2v) is 5.06. The van der Waals surface area contributed by atoms with Crippen LogP contribution in [-0.4, -0.2) is 19.2 Å². The first kappa shape index (κ1) is 12.8. The fourth-order valence-corrected chi connectivity index (χ4v) is 2.04. The zero-order valence-electron chi connectivity index (χ0n) is 11.2. The van der Waals surface area contributed by atoms with Crippen molar-refractivity contribution in [3.05, 3.63) is 42.2 Å². The number of furan rings is 1. The number of nitrogens with one attached hydrogen (secondary N) is 1. The van der Waals surface area contributed by atoms with Crippen molar-refractivity contribution in [1.29, 1.82) is 5.26 Å². The Balaban J connectivity index is 1.69. The van der Waals surface area contributed by atoms with Crippen molar-refractivity contribution in [3.8, 4) is 11.8 Å². The molecule has 0 atom stereocenters. The first-order chi connectivity index (χ1) is 9.78. The Bertz CT molecular complexity index is 677. The van der Waals surface area contributed by atoms with Gasteiger partial charge in [0, 0.05) is 12.6 Å². The van der Waals surface area contributed by atoms with Crippen LogP contribution in [0.2, 0.25) is 0 Å². The minimum absolute atomic E-state index is 0.217. The zero-order chi connectivity index (χ0) is 13.9. The molecule has 1 aromatic carbocycles. The second kappa shape index (κ2) is 5.40. The number of para-hydroxylation sites is 1. The highest BCUT2D eigenvalue weighted by molar-refractivity contribution is 5.86. The summed E-state index contributed by atoms with van der Waals surface area (Å²) in [4.78, 5) is 0. The molecule has 0 spiro atoms. The number of hydrogen-bond acceptors (Lipinski definition) is 4. The summed E-state index contributed by atoms with van der Waals surface area (Å²) in [5.74, 6) is 0.727. The molecule has 0 saturated heterocycles. The number of nitrogens with zero attached hydrogens (tertiary/aromatic N) is 1. The van der Waals surface area contributed by atoms with Gasteiger partial charge >= 0.3 is 0 Å². The van der Waals surface area contributed by atoms with E-state index in [1.165, 1.54) is 12.8 Å². The number of nitriles is 1. The van der Waals surface area contributed by atoms with Crippen LogP contribution in [0.4, 0.5) is 0 Å². The largest absolute Gasteiger partial charge is 0.484 e. The van der Waals surface area contributed by atoms with Crippen LogP contribution in [0.1, 0.15) is 18.6 Å². The van der Waals surface area contributed by atoms with Crippen molar-refractivity contribution in [2.45, 2.75) is 18.9 Å². The van der Waals surface area contributed by atoms with Gasteiger partial charge in [-0.3, -0.25) is 0 Å². The molecule has 4 heteroatoms. The van der Waals surface area contributed by atoms with E-state index in [-0.39, 0.29) is 5.76 Å². The Labute approximate surface area is 117 Å². The fourth-order valence-electron chi connectivity index (χ4n) is 2.04. The molecule has 4 nitrogen and oxygen atoms in total. The molecule has 0 amide bonds. The molecule has 102 valence electrons. The van der Waals surface area contributed by atoms with E-state index in [0.29, 0.717) is 24.0 Å². The molecule has 1 fully saturated rings. The van der Waals surface area contributed by atoms with Gasteiger partial charge in [-0.2, -0.15) is 5.26 Å². The summed E-state index contributed by atoms with van der Waals surface area (Å²) in [6.45, 7) is 5.13. The van der Waals surface area contributed by atoms with Crippen LogP contribution in [0.25, 0.3) is 11.0 Å². The quantitative estimate of drug-likeness (QED) is 0.818. The standard InChI is InChI=1S/C16H16N2O2/c1-11(9-18-12-6-7-12)10-19-16-13-4-2-3-5-14(13)20-15(16)8-17/h2-5,12,18H,1,6-7,9-10H2. The third kappa shape index (κ3) is 2.68. The Morgan fingerprint density at radius 1 is 1.45 bits per heavy atom. The lowest BCUT2D eigenvalue weighted by atomic mass is 10.2. The molecule has 20 heavy (non-hydrogen) atoms. The van der Waals surface area contributed by atoms with E-state index in [1.807, 2.05) is 30.3 Å². The fraction of sp³-hybridized carbons (Fsp3) is 0.312. The van der Waals surface area contributed by atoms with Crippen molar-refractivity contribution in [2.24, 2.45) is 0 Å². The van der Waals surface area contributed by atoms with E-state index >= 15 is 0 Å². The third-order valence-corrected chi connectivity index (χ3v) is 3.29. The number of rotatable bonds is 6. The molecule has 1 aromatic heterocycles. The van der Waals surface area contributed by atoms with Crippen LogP contribution < -0.4 is 10.1 Å². The first-order valence-electron chi connectivity index (χ1n) is 6.72. The maximum Gasteiger partial charge on any atom is 0.246 e. The smallest absolute Gasteiger partial charge is 0.246 e. The maximum atomic E-state index is 9.11. The molecule has 1 aliphatic carbocycles.